The lowest BCUT2D eigenvalue weighted by Crippen LogP contribution is -2.18. The molecule has 0 aliphatic carbocycles. The van der Waals surface area contributed by atoms with Gasteiger partial charge in [0.1, 0.15) is 5.02 Å². The van der Waals surface area contributed by atoms with Crippen LogP contribution in [0.1, 0.15) is 11.1 Å². The van der Waals surface area contributed by atoms with Gasteiger partial charge in [0.05, 0.1) is 6.54 Å². The molecule has 7 nitrogen and oxygen atoms in total. The monoisotopic (exact) mass is 447 g/mol. The smallest absolute Gasteiger partial charge is 0.293 e. The van der Waals surface area contributed by atoms with Crippen LogP contribution in [0.5, 0.6) is 0 Å². The average Bonchev–Trinajstić information content (AvgIpc) is 3.26. The molecule has 0 radical (unpaired) electrons. The summed E-state index contributed by atoms with van der Waals surface area (Å²) in [5.74, 6) is -3.86. The van der Waals surface area contributed by atoms with E-state index >= 15 is 0 Å². The number of rotatable bonds is 5. The molecule has 0 unspecified atom stereocenters. The summed E-state index contributed by atoms with van der Waals surface area (Å²) in [6, 6.07) is 7.00. The lowest BCUT2D eigenvalue weighted by atomic mass is 10.1. The highest BCUT2D eigenvalue weighted by molar-refractivity contribution is 6.30. The summed E-state index contributed by atoms with van der Waals surface area (Å²) < 4.78 is 47.1. The molecule has 2 aromatic heterocycles. The first-order chi connectivity index (χ1) is 14.8. The second kappa shape index (κ2) is 8.23. The second-order valence-corrected chi connectivity index (χ2v) is 7.02. The fourth-order valence-corrected chi connectivity index (χ4v) is 3.05. The van der Waals surface area contributed by atoms with E-state index in [4.69, 9.17) is 16.0 Å². The highest BCUT2D eigenvalue weighted by atomic mass is 35.5. The number of benzene rings is 2. The van der Waals surface area contributed by atoms with Gasteiger partial charge in [0.2, 0.25) is 18.2 Å². The standard InChI is InChI=1S/C20H13ClF3N5O2/c1-10-2-3-12(19-28-25-9-31-19)6-16(10)26-20-27-18(30)13(21)8-29(20)7-11-4-14(22)17(24)15(23)5-11/h2-6,8-9H,7H2,1H3,(H,26,27,30). The molecule has 0 amide bonds. The summed E-state index contributed by atoms with van der Waals surface area (Å²) in [6.45, 7) is 1.69. The molecular formula is C20H13ClF3N5O2. The number of nitrogens with one attached hydrogen (secondary N) is 1. The highest BCUT2D eigenvalue weighted by Gasteiger charge is 2.15. The molecule has 0 aliphatic rings. The van der Waals surface area contributed by atoms with Gasteiger partial charge in [-0.3, -0.25) is 4.79 Å². The molecule has 4 rings (SSSR count). The van der Waals surface area contributed by atoms with E-state index in [2.05, 4.69) is 20.5 Å². The third kappa shape index (κ3) is 4.29. The van der Waals surface area contributed by atoms with Crippen molar-refractivity contribution in [3.8, 4) is 11.5 Å². The summed E-state index contributed by atoms with van der Waals surface area (Å²) in [5, 5.41) is 10.3. The Morgan fingerprint density at radius 1 is 1.16 bits per heavy atom. The van der Waals surface area contributed by atoms with Crippen LogP contribution in [0, 0.1) is 24.4 Å². The van der Waals surface area contributed by atoms with Gasteiger partial charge < -0.3 is 14.3 Å². The number of aromatic nitrogens is 4. The largest absolute Gasteiger partial charge is 0.423 e. The first-order valence-corrected chi connectivity index (χ1v) is 9.24. The van der Waals surface area contributed by atoms with Gasteiger partial charge >= 0.3 is 0 Å². The Morgan fingerprint density at radius 3 is 2.58 bits per heavy atom. The van der Waals surface area contributed by atoms with Crippen LogP contribution in [-0.2, 0) is 6.54 Å². The molecule has 4 aromatic rings. The molecule has 31 heavy (non-hydrogen) atoms. The molecule has 0 atom stereocenters. The van der Waals surface area contributed by atoms with Crippen LogP contribution >= 0.6 is 11.6 Å². The fraction of sp³-hybridized carbons (Fsp3) is 0.100. The summed E-state index contributed by atoms with van der Waals surface area (Å²) >= 11 is 5.91. The van der Waals surface area contributed by atoms with Gasteiger partial charge in [0, 0.05) is 17.4 Å². The third-order valence-electron chi connectivity index (χ3n) is 4.44. The quantitative estimate of drug-likeness (QED) is 0.454. The molecule has 0 aliphatic heterocycles. The lowest BCUT2D eigenvalue weighted by Gasteiger charge is -2.16. The van der Waals surface area contributed by atoms with Gasteiger partial charge in [-0.2, -0.15) is 4.98 Å². The van der Waals surface area contributed by atoms with E-state index in [1.54, 1.807) is 18.2 Å². The van der Waals surface area contributed by atoms with Crippen molar-refractivity contribution in [1.29, 1.82) is 0 Å². The van der Waals surface area contributed by atoms with Crippen molar-refractivity contribution in [2.75, 3.05) is 5.32 Å². The van der Waals surface area contributed by atoms with Gasteiger partial charge in [0.15, 0.2) is 17.5 Å². The number of anilines is 2. The maximum Gasteiger partial charge on any atom is 0.293 e. The summed E-state index contributed by atoms with van der Waals surface area (Å²) in [6.07, 6.45) is 2.47. The van der Waals surface area contributed by atoms with Gasteiger partial charge in [-0.1, -0.05) is 17.7 Å². The summed E-state index contributed by atoms with van der Waals surface area (Å²) in [5.41, 5.74) is 1.41. The molecule has 11 heteroatoms. The molecular weight excluding hydrogens is 435 g/mol. The second-order valence-electron chi connectivity index (χ2n) is 6.62. The van der Waals surface area contributed by atoms with Crippen LogP contribution in [0.2, 0.25) is 5.02 Å². The number of hydrogen-bond acceptors (Lipinski definition) is 6. The molecule has 2 heterocycles. The van der Waals surface area contributed by atoms with Gasteiger partial charge in [-0.05, 0) is 42.3 Å². The van der Waals surface area contributed by atoms with Crippen molar-refractivity contribution in [3.05, 3.63) is 86.9 Å². The van der Waals surface area contributed by atoms with E-state index in [-0.39, 0.29) is 23.1 Å². The van der Waals surface area contributed by atoms with Crippen molar-refractivity contribution in [1.82, 2.24) is 19.7 Å². The SMILES string of the molecule is Cc1ccc(-c2nnco2)cc1Nc1nc(=O)c(Cl)cn1Cc1cc(F)c(F)c(F)c1. The van der Waals surface area contributed by atoms with Crippen LogP contribution in [0.25, 0.3) is 11.5 Å². The Morgan fingerprint density at radius 2 is 1.90 bits per heavy atom. The number of halogens is 4. The van der Waals surface area contributed by atoms with Crippen LogP contribution in [0.4, 0.5) is 24.8 Å². The Kier molecular flexibility index (Phi) is 5.47. The predicted octanol–water partition coefficient (Wildman–Crippen LogP) is 4.46. The molecule has 0 bridgehead atoms. The molecule has 158 valence electrons. The van der Waals surface area contributed by atoms with Gasteiger partial charge in [0.25, 0.3) is 5.56 Å². The topological polar surface area (TPSA) is 85.8 Å². The highest BCUT2D eigenvalue weighted by Crippen LogP contribution is 2.26. The summed E-state index contributed by atoms with van der Waals surface area (Å²) in [4.78, 5) is 15.9. The van der Waals surface area contributed by atoms with E-state index in [0.717, 1.165) is 17.7 Å². The maximum absolute atomic E-state index is 13.6. The fourth-order valence-electron chi connectivity index (χ4n) is 2.89. The zero-order valence-corrected chi connectivity index (χ0v) is 16.6. The van der Waals surface area contributed by atoms with Crippen LogP contribution in [0.3, 0.4) is 0 Å². The molecule has 0 fully saturated rings. The third-order valence-corrected chi connectivity index (χ3v) is 4.70. The Balaban J connectivity index is 1.73. The van der Waals surface area contributed by atoms with Crippen molar-refractivity contribution in [2.45, 2.75) is 13.5 Å². The van der Waals surface area contributed by atoms with Crippen LogP contribution < -0.4 is 10.9 Å². The van der Waals surface area contributed by atoms with Crippen molar-refractivity contribution in [3.63, 3.8) is 0 Å². The molecule has 0 saturated heterocycles. The first kappa shape index (κ1) is 20.6. The number of aryl methyl sites for hydroxylation is 1. The van der Waals surface area contributed by atoms with Gasteiger partial charge in [-0.25, -0.2) is 13.2 Å². The van der Waals surface area contributed by atoms with E-state index in [1.807, 2.05) is 6.92 Å². The Bertz CT molecular complexity index is 1300. The molecule has 0 spiro atoms. The van der Waals surface area contributed by atoms with Crippen LogP contribution in [0.15, 0.2) is 52.1 Å². The van der Waals surface area contributed by atoms with Gasteiger partial charge in [-0.15, -0.1) is 10.2 Å². The minimum atomic E-state index is -1.56. The van der Waals surface area contributed by atoms with E-state index in [0.29, 0.717) is 17.1 Å². The minimum absolute atomic E-state index is 0.0605. The molecule has 2 aromatic carbocycles. The lowest BCUT2D eigenvalue weighted by molar-refractivity contribution is 0.444. The Hall–Kier alpha value is -3.66. The van der Waals surface area contributed by atoms with E-state index in [1.165, 1.54) is 17.2 Å². The maximum atomic E-state index is 13.6. The molecule has 0 saturated carbocycles. The van der Waals surface area contributed by atoms with Crippen molar-refractivity contribution >= 4 is 23.2 Å². The minimum Gasteiger partial charge on any atom is -0.423 e. The Labute approximate surface area is 178 Å². The summed E-state index contributed by atoms with van der Waals surface area (Å²) in [7, 11) is 0. The zero-order valence-electron chi connectivity index (χ0n) is 15.9. The first-order valence-electron chi connectivity index (χ1n) is 8.86. The van der Waals surface area contributed by atoms with Crippen molar-refractivity contribution < 1.29 is 17.6 Å². The van der Waals surface area contributed by atoms with E-state index in [9.17, 15) is 18.0 Å². The predicted molar refractivity (Wildman–Crippen MR) is 107 cm³/mol. The number of hydrogen-bond donors (Lipinski definition) is 1. The average molecular weight is 448 g/mol. The normalized spacial score (nSPS) is 11.0. The van der Waals surface area contributed by atoms with Crippen LogP contribution in [-0.4, -0.2) is 19.7 Å². The van der Waals surface area contributed by atoms with E-state index < -0.39 is 23.0 Å². The zero-order chi connectivity index (χ0) is 22.1. The van der Waals surface area contributed by atoms with Crippen molar-refractivity contribution in [2.24, 2.45) is 0 Å². The number of nitrogens with zero attached hydrogens (tertiary/aromatic N) is 4. The molecule has 1 N–H and O–H groups in total.